The maximum absolute atomic E-state index is 4.19. The number of nitrogens with zero attached hydrogens (tertiary/aromatic N) is 3. The molecule has 15 heavy (non-hydrogen) atoms. The van der Waals surface area contributed by atoms with Crippen LogP contribution in [0.5, 0.6) is 0 Å². The van der Waals surface area contributed by atoms with Crippen LogP contribution >= 0.6 is 0 Å². The molecule has 0 aliphatic rings. The number of hydrogen-bond acceptors (Lipinski definition) is 3. The number of hydrogen-bond donors (Lipinski definition) is 1. The lowest BCUT2D eigenvalue weighted by molar-refractivity contribution is 1.04. The molecule has 0 atom stereocenters. The normalized spacial score (nSPS) is 8.67. The van der Waals surface area contributed by atoms with Gasteiger partial charge in [-0.3, -0.25) is 5.10 Å². The first-order valence-electron chi connectivity index (χ1n) is 5.41. The molecule has 0 fully saturated rings. The Morgan fingerprint density at radius 3 is 2.20 bits per heavy atom. The molecule has 1 N–H and O–H groups in total. The van der Waals surface area contributed by atoms with Gasteiger partial charge in [0.1, 0.15) is 16.9 Å². The summed E-state index contributed by atoms with van der Waals surface area (Å²) in [6, 6.07) is 0. The standard InChI is InChI=1S/C7H8N4.2C2H6/c1-4-7-6(3-8-11-7)10-5(2)9-4;2*1-2/h3H,1-2H3,(H,8,11);2*1-2H3. The quantitative estimate of drug-likeness (QED) is 0.724. The van der Waals surface area contributed by atoms with E-state index < -0.39 is 0 Å². The van der Waals surface area contributed by atoms with Gasteiger partial charge in [0.25, 0.3) is 0 Å². The lowest BCUT2D eigenvalue weighted by Crippen LogP contribution is -1.90. The molecule has 0 spiro atoms. The van der Waals surface area contributed by atoms with Gasteiger partial charge in [-0.1, -0.05) is 27.7 Å². The van der Waals surface area contributed by atoms with Gasteiger partial charge in [-0.15, -0.1) is 0 Å². The van der Waals surface area contributed by atoms with Crippen LogP contribution in [0, 0.1) is 13.8 Å². The van der Waals surface area contributed by atoms with Crippen LogP contribution in [0.3, 0.4) is 0 Å². The molecule has 0 radical (unpaired) electrons. The van der Waals surface area contributed by atoms with E-state index in [-0.39, 0.29) is 0 Å². The number of aromatic amines is 1. The summed E-state index contributed by atoms with van der Waals surface area (Å²) < 4.78 is 0. The fourth-order valence-electron chi connectivity index (χ4n) is 1.13. The highest BCUT2D eigenvalue weighted by molar-refractivity contribution is 5.75. The van der Waals surface area contributed by atoms with Crippen molar-refractivity contribution in [3.8, 4) is 0 Å². The fraction of sp³-hybridized carbons (Fsp3) is 0.545. The van der Waals surface area contributed by atoms with Crippen LogP contribution in [0.1, 0.15) is 39.2 Å². The van der Waals surface area contributed by atoms with E-state index in [2.05, 4.69) is 20.2 Å². The minimum Gasteiger partial charge on any atom is -0.274 e. The van der Waals surface area contributed by atoms with Crippen molar-refractivity contribution in [3.05, 3.63) is 17.7 Å². The van der Waals surface area contributed by atoms with Gasteiger partial charge in [-0.25, -0.2) is 9.97 Å². The van der Waals surface area contributed by atoms with Crippen LogP contribution in [0.15, 0.2) is 6.20 Å². The van der Waals surface area contributed by atoms with E-state index in [9.17, 15) is 0 Å². The van der Waals surface area contributed by atoms with Crippen molar-refractivity contribution < 1.29 is 0 Å². The van der Waals surface area contributed by atoms with Crippen LogP contribution in [-0.4, -0.2) is 20.2 Å². The van der Waals surface area contributed by atoms with Crippen LogP contribution < -0.4 is 0 Å². The van der Waals surface area contributed by atoms with E-state index in [0.717, 1.165) is 22.6 Å². The first-order chi connectivity index (χ1) is 7.27. The lowest BCUT2D eigenvalue weighted by Gasteiger charge is -1.94. The highest BCUT2D eigenvalue weighted by Gasteiger charge is 2.01. The number of aromatic nitrogens is 4. The van der Waals surface area contributed by atoms with Crippen molar-refractivity contribution in [2.75, 3.05) is 0 Å². The van der Waals surface area contributed by atoms with Gasteiger partial charge in [-0.05, 0) is 13.8 Å². The molecule has 0 saturated carbocycles. The molecule has 4 nitrogen and oxygen atoms in total. The van der Waals surface area contributed by atoms with Crippen molar-refractivity contribution in [1.82, 2.24) is 20.2 Å². The Kier molecular flexibility index (Phi) is 6.25. The SMILES string of the molecule is CC.CC.Cc1nc(C)c2[nH]ncc2n1. The molecule has 0 unspecified atom stereocenters. The number of rotatable bonds is 0. The van der Waals surface area contributed by atoms with Crippen molar-refractivity contribution in [2.24, 2.45) is 0 Å². The maximum Gasteiger partial charge on any atom is 0.126 e. The summed E-state index contributed by atoms with van der Waals surface area (Å²) in [6.45, 7) is 11.8. The van der Waals surface area contributed by atoms with Gasteiger partial charge < -0.3 is 0 Å². The molecule has 2 rings (SSSR count). The van der Waals surface area contributed by atoms with E-state index in [1.54, 1.807) is 6.20 Å². The third-order valence-electron chi connectivity index (χ3n) is 1.59. The summed E-state index contributed by atoms with van der Waals surface area (Å²) in [7, 11) is 0. The lowest BCUT2D eigenvalue weighted by atomic mass is 10.3. The van der Waals surface area contributed by atoms with Crippen LogP contribution in [0.4, 0.5) is 0 Å². The molecule has 0 aromatic carbocycles. The highest BCUT2D eigenvalue weighted by Crippen LogP contribution is 2.09. The third kappa shape index (κ3) is 3.31. The number of aryl methyl sites for hydroxylation is 2. The maximum atomic E-state index is 4.19. The molecule has 2 aromatic rings. The topological polar surface area (TPSA) is 54.5 Å². The smallest absolute Gasteiger partial charge is 0.126 e. The Morgan fingerprint density at radius 2 is 1.60 bits per heavy atom. The first kappa shape index (κ1) is 13.5. The van der Waals surface area contributed by atoms with E-state index in [4.69, 9.17) is 0 Å². The summed E-state index contributed by atoms with van der Waals surface area (Å²) in [5.74, 6) is 0.788. The summed E-state index contributed by atoms with van der Waals surface area (Å²) in [4.78, 5) is 8.38. The molecular weight excluding hydrogens is 188 g/mol. The zero-order valence-corrected chi connectivity index (χ0v) is 10.4. The van der Waals surface area contributed by atoms with Crippen molar-refractivity contribution >= 4 is 11.0 Å². The summed E-state index contributed by atoms with van der Waals surface area (Å²) in [5, 5.41) is 6.72. The van der Waals surface area contributed by atoms with Crippen LogP contribution in [-0.2, 0) is 0 Å². The van der Waals surface area contributed by atoms with E-state index in [0.29, 0.717) is 0 Å². The van der Waals surface area contributed by atoms with Crippen molar-refractivity contribution in [1.29, 1.82) is 0 Å². The fourth-order valence-corrected chi connectivity index (χ4v) is 1.13. The number of H-pyrrole nitrogens is 1. The number of nitrogens with one attached hydrogen (secondary N) is 1. The summed E-state index contributed by atoms with van der Waals surface area (Å²) in [5.41, 5.74) is 2.76. The minimum absolute atomic E-state index is 0.788. The predicted molar refractivity (Wildman–Crippen MR) is 63.9 cm³/mol. The van der Waals surface area contributed by atoms with Crippen molar-refractivity contribution in [3.63, 3.8) is 0 Å². The zero-order valence-electron chi connectivity index (χ0n) is 10.4. The summed E-state index contributed by atoms with van der Waals surface area (Å²) >= 11 is 0. The van der Waals surface area contributed by atoms with Gasteiger partial charge >= 0.3 is 0 Å². The Morgan fingerprint density at radius 1 is 1.00 bits per heavy atom. The molecular formula is C11H20N4. The average molecular weight is 208 g/mol. The second-order valence-electron chi connectivity index (χ2n) is 2.49. The average Bonchev–Trinajstić information content (AvgIpc) is 2.72. The monoisotopic (exact) mass is 208 g/mol. The summed E-state index contributed by atoms with van der Waals surface area (Å²) in [6.07, 6.45) is 1.71. The molecule has 0 aliphatic carbocycles. The molecule has 4 heteroatoms. The van der Waals surface area contributed by atoms with Gasteiger partial charge in [0.2, 0.25) is 0 Å². The molecule has 0 saturated heterocycles. The predicted octanol–water partition coefficient (Wildman–Crippen LogP) is 3.02. The molecule has 0 bridgehead atoms. The molecule has 84 valence electrons. The second kappa shape index (κ2) is 6.92. The third-order valence-corrected chi connectivity index (χ3v) is 1.59. The first-order valence-corrected chi connectivity index (χ1v) is 5.41. The Balaban J connectivity index is 0.000000442. The van der Waals surface area contributed by atoms with Gasteiger partial charge in [-0.2, -0.15) is 5.10 Å². The Bertz CT molecular complexity index is 392. The minimum atomic E-state index is 0.788. The Hall–Kier alpha value is -1.45. The van der Waals surface area contributed by atoms with E-state index in [1.165, 1.54) is 0 Å². The van der Waals surface area contributed by atoms with Gasteiger partial charge in [0.15, 0.2) is 0 Å². The van der Waals surface area contributed by atoms with Gasteiger partial charge in [0.05, 0.1) is 11.9 Å². The second-order valence-corrected chi connectivity index (χ2v) is 2.49. The largest absolute Gasteiger partial charge is 0.274 e. The van der Waals surface area contributed by atoms with Crippen LogP contribution in [0.25, 0.3) is 11.0 Å². The van der Waals surface area contributed by atoms with Crippen molar-refractivity contribution in [2.45, 2.75) is 41.5 Å². The Labute approximate surface area is 91.2 Å². The van der Waals surface area contributed by atoms with E-state index >= 15 is 0 Å². The molecule has 0 aliphatic heterocycles. The number of fused-ring (bicyclic) bond motifs is 1. The molecule has 2 heterocycles. The van der Waals surface area contributed by atoms with Gasteiger partial charge in [0, 0.05) is 0 Å². The highest BCUT2D eigenvalue weighted by atomic mass is 15.1. The zero-order chi connectivity index (χ0) is 11.8. The molecule has 0 amide bonds. The molecule has 2 aromatic heterocycles. The van der Waals surface area contributed by atoms with Crippen LogP contribution in [0.2, 0.25) is 0 Å². The van der Waals surface area contributed by atoms with E-state index in [1.807, 2.05) is 41.5 Å².